The van der Waals surface area contributed by atoms with Crippen molar-refractivity contribution in [1.82, 2.24) is 10.6 Å². The quantitative estimate of drug-likeness (QED) is 0.725. The Hall–Kier alpha value is -1.82. The standard InChI is InChI=1S/C19H28N2O3S/c1-3-11-24-16-10-9-14(12-17(16)23-2)13-20-19(25)21-18(22)15-7-5-4-6-8-15/h9-10,12,15H,3-8,11,13H2,1-2H3,(H2,20,21,22,25). The molecule has 1 amide bonds. The van der Waals surface area contributed by atoms with E-state index in [0.717, 1.165) is 43.4 Å². The fourth-order valence-electron chi connectivity index (χ4n) is 2.96. The first kappa shape index (κ1) is 19.5. The zero-order valence-corrected chi connectivity index (χ0v) is 15.9. The van der Waals surface area contributed by atoms with Crippen LogP contribution in [0.4, 0.5) is 0 Å². The van der Waals surface area contributed by atoms with Crippen molar-refractivity contribution in [2.75, 3.05) is 13.7 Å². The van der Waals surface area contributed by atoms with E-state index in [1.165, 1.54) is 6.42 Å². The first-order valence-electron chi connectivity index (χ1n) is 9.02. The highest BCUT2D eigenvalue weighted by Crippen LogP contribution is 2.28. The summed E-state index contributed by atoms with van der Waals surface area (Å²) in [6.07, 6.45) is 6.36. The Kier molecular flexibility index (Phi) is 7.98. The number of rotatable bonds is 7. The molecule has 0 bridgehead atoms. The normalized spacial score (nSPS) is 14.6. The van der Waals surface area contributed by atoms with Crippen molar-refractivity contribution in [3.63, 3.8) is 0 Å². The zero-order chi connectivity index (χ0) is 18.1. The van der Waals surface area contributed by atoms with Crippen LogP contribution in [0.3, 0.4) is 0 Å². The minimum atomic E-state index is 0.0399. The van der Waals surface area contributed by atoms with Crippen LogP contribution >= 0.6 is 12.2 Å². The van der Waals surface area contributed by atoms with Gasteiger partial charge in [0.2, 0.25) is 5.91 Å². The molecule has 0 aromatic heterocycles. The molecule has 1 aromatic rings. The Balaban J connectivity index is 1.83. The minimum Gasteiger partial charge on any atom is -0.493 e. The lowest BCUT2D eigenvalue weighted by Crippen LogP contribution is -2.42. The average Bonchev–Trinajstić information content (AvgIpc) is 2.65. The minimum absolute atomic E-state index is 0.0399. The molecule has 1 aliphatic carbocycles. The van der Waals surface area contributed by atoms with E-state index in [4.69, 9.17) is 21.7 Å². The average molecular weight is 365 g/mol. The second-order valence-electron chi connectivity index (χ2n) is 6.34. The lowest BCUT2D eigenvalue weighted by Gasteiger charge is -2.21. The van der Waals surface area contributed by atoms with E-state index in [1.54, 1.807) is 7.11 Å². The van der Waals surface area contributed by atoms with Gasteiger partial charge in [-0.15, -0.1) is 0 Å². The van der Waals surface area contributed by atoms with Gasteiger partial charge < -0.3 is 20.1 Å². The van der Waals surface area contributed by atoms with Crippen LogP contribution in [-0.2, 0) is 11.3 Å². The topological polar surface area (TPSA) is 59.6 Å². The van der Waals surface area contributed by atoms with Gasteiger partial charge in [-0.05, 0) is 49.2 Å². The van der Waals surface area contributed by atoms with Crippen LogP contribution in [0.5, 0.6) is 11.5 Å². The molecule has 0 heterocycles. The Labute approximate surface area is 155 Å². The van der Waals surface area contributed by atoms with Crippen LogP contribution in [0.1, 0.15) is 51.0 Å². The van der Waals surface area contributed by atoms with Crippen molar-refractivity contribution in [1.29, 1.82) is 0 Å². The molecule has 0 atom stereocenters. The monoisotopic (exact) mass is 364 g/mol. The van der Waals surface area contributed by atoms with Crippen molar-refractivity contribution in [3.8, 4) is 11.5 Å². The van der Waals surface area contributed by atoms with Crippen LogP contribution < -0.4 is 20.1 Å². The summed E-state index contributed by atoms with van der Waals surface area (Å²) in [5.41, 5.74) is 1.01. The summed E-state index contributed by atoms with van der Waals surface area (Å²) in [5.74, 6) is 1.58. The number of carbonyl (C=O) groups is 1. The number of hydrogen-bond acceptors (Lipinski definition) is 4. The highest BCUT2D eigenvalue weighted by Gasteiger charge is 2.21. The third-order valence-corrected chi connectivity index (χ3v) is 4.60. The van der Waals surface area contributed by atoms with Crippen molar-refractivity contribution in [2.24, 2.45) is 5.92 Å². The van der Waals surface area contributed by atoms with Crippen LogP contribution in [0.25, 0.3) is 0 Å². The molecule has 0 spiro atoms. The van der Waals surface area contributed by atoms with Crippen molar-refractivity contribution in [2.45, 2.75) is 52.0 Å². The van der Waals surface area contributed by atoms with Crippen LogP contribution in [-0.4, -0.2) is 24.7 Å². The number of carbonyl (C=O) groups excluding carboxylic acids is 1. The molecule has 0 unspecified atom stereocenters. The first-order chi connectivity index (χ1) is 12.1. The van der Waals surface area contributed by atoms with Crippen LogP contribution in [0, 0.1) is 5.92 Å². The summed E-state index contributed by atoms with van der Waals surface area (Å²) < 4.78 is 11.0. The molecule has 0 radical (unpaired) electrons. The van der Waals surface area contributed by atoms with E-state index >= 15 is 0 Å². The number of thiocarbonyl (C=S) groups is 1. The van der Waals surface area contributed by atoms with Gasteiger partial charge in [-0.25, -0.2) is 0 Å². The largest absolute Gasteiger partial charge is 0.493 e. The summed E-state index contributed by atoms with van der Waals surface area (Å²) >= 11 is 5.24. The molecule has 5 nitrogen and oxygen atoms in total. The molecular formula is C19H28N2O3S. The predicted molar refractivity (Wildman–Crippen MR) is 103 cm³/mol. The zero-order valence-electron chi connectivity index (χ0n) is 15.1. The maximum Gasteiger partial charge on any atom is 0.229 e. The fraction of sp³-hybridized carbons (Fsp3) is 0.579. The molecule has 0 saturated heterocycles. The van der Waals surface area contributed by atoms with Crippen LogP contribution in [0.2, 0.25) is 0 Å². The molecular weight excluding hydrogens is 336 g/mol. The van der Waals surface area contributed by atoms with Gasteiger partial charge >= 0.3 is 0 Å². The number of nitrogens with one attached hydrogen (secondary N) is 2. The third-order valence-electron chi connectivity index (χ3n) is 4.36. The second-order valence-corrected chi connectivity index (χ2v) is 6.75. The molecule has 1 aromatic carbocycles. The molecule has 1 aliphatic rings. The van der Waals surface area contributed by atoms with Gasteiger partial charge in [0, 0.05) is 12.5 Å². The van der Waals surface area contributed by atoms with Gasteiger partial charge in [-0.3, -0.25) is 4.79 Å². The fourth-order valence-corrected chi connectivity index (χ4v) is 3.13. The van der Waals surface area contributed by atoms with Gasteiger partial charge in [-0.1, -0.05) is 32.3 Å². The Morgan fingerprint density at radius 2 is 2.00 bits per heavy atom. The van der Waals surface area contributed by atoms with Gasteiger partial charge in [-0.2, -0.15) is 0 Å². The number of benzene rings is 1. The number of methoxy groups -OCH3 is 1. The first-order valence-corrected chi connectivity index (χ1v) is 9.43. The van der Waals surface area contributed by atoms with Gasteiger partial charge in [0.05, 0.1) is 13.7 Å². The smallest absolute Gasteiger partial charge is 0.229 e. The van der Waals surface area contributed by atoms with Crippen molar-refractivity contribution in [3.05, 3.63) is 23.8 Å². The highest BCUT2D eigenvalue weighted by atomic mass is 32.1. The molecule has 1 fully saturated rings. The van der Waals surface area contributed by atoms with E-state index in [-0.39, 0.29) is 11.8 Å². The molecule has 25 heavy (non-hydrogen) atoms. The number of ether oxygens (including phenoxy) is 2. The van der Waals surface area contributed by atoms with E-state index in [9.17, 15) is 4.79 Å². The lowest BCUT2D eigenvalue weighted by molar-refractivity contribution is -0.124. The van der Waals surface area contributed by atoms with E-state index < -0.39 is 0 Å². The van der Waals surface area contributed by atoms with Crippen molar-refractivity contribution >= 4 is 23.2 Å². The predicted octanol–water partition coefficient (Wildman–Crippen LogP) is 3.56. The number of amides is 1. The third kappa shape index (κ3) is 6.20. The van der Waals surface area contributed by atoms with Gasteiger partial charge in [0.1, 0.15) is 0 Å². The summed E-state index contributed by atoms with van der Waals surface area (Å²) in [6, 6.07) is 5.78. The van der Waals surface area contributed by atoms with Gasteiger partial charge in [0.25, 0.3) is 0 Å². The van der Waals surface area contributed by atoms with Crippen molar-refractivity contribution < 1.29 is 14.3 Å². The molecule has 2 rings (SSSR count). The summed E-state index contributed by atoms with van der Waals surface area (Å²) in [5, 5.41) is 6.28. The molecule has 0 aliphatic heterocycles. The second kappa shape index (κ2) is 10.2. The summed E-state index contributed by atoms with van der Waals surface area (Å²) in [7, 11) is 1.63. The Morgan fingerprint density at radius 1 is 1.24 bits per heavy atom. The Morgan fingerprint density at radius 3 is 2.68 bits per heavy atom. The maximum atomic E-state index is 12.2. The highest BCUT2D eigenvalue weighted by molar-refractivity contribution is 7.80. The van der Waals surface area contributed by atoms with E-state index in [2.05, 4.69) is 17.6 Å². The Bertz CT molecular complexity index is 586. The van der Waals surface area contributed by atoms with E-state index in [0.29, 0.717) is 24.0 Å². The summed E-state index contributed by atoms with van der Waals surface area (Å²) in [4.78, 5) is 12.2. The van der Waals surface area contributed by atoms with E-state index in [1.807, 2.05) is 18.2 Å². The lowest BCUT2D eigenvalue weighted by atomic mass is 9.89. The molecule has 6 heteroatoms. The van der Waals surface area contributed by atoms with Gasteiger partial charge in [0.15, 0.2) is 16.6 Å². The number of hydrogen-bond donors (Lipinski definition) is 2. The summed E-state index contributed by atoms with van der Waals surface area (Å²) in [6.45, 7) is 3.24. The van der Waals surface area contributed by atoms with Crippen LogP contribution in [0.15, 0.2) is 18.2 Å². The molecule has 1 saturated carbocycles. The SMILES string of the molecule is CCCOc1ccc(CNC(=S)NC(=O)C2CCCCC2)cc1OC. The molecule has 2 N–H and O–H groups in total. The molecule has 138 valence electrons. The maximum absolute atomic E-state index is 12.2.